The lowest BCUT2D eigenvalue weighted by Gasteiger charge is -2.27. The number of likely N-dealkylation sites (tertiary alicyclic amines) is 1. The number of amides is 1. The molecule has 0 aliphatic carbocycles. The molecule has 198 valence electrons. The third-order valence-corrected chi connectivity index (χ3v) is 7.44. The zero-order valence-corrected chi connectivity index (χ0v) is 23.2. The Morgan fingerprint density at radius 2 is 1.71 bits per heavy atom. The molecule has 2 fully saturated rings. The maximum absolute atomic E-state index is 13.0. The summed E-state index contributed by atoms with van der Waals surface area (Å²) in [6.07, 6.45) is 4.03. The average Bonchev–Trinajstić information content (AvgIpc) is 3.27. The number of piperidine rings is 1. The number of carbonyl (C=O) groups is 1. The van der Waals surface area contributed by atoms with Crippen LogP contribution in [0.3, 0.4) is 0 Å². The van der Waals surface area contributed by atoms with Crippen molar-refractivity contribution in [3.8, 4) is 6.07 Å². The molecule has 2 aliphatic rings. The van der Waals surface area contributed by atoms with Crippen LogP contribution in [0.15, 0.2) is 47.9 Å². The minimum atomic E-state index is -0.0936. The lowest BCUT2D eigenvalue weighted by atomic mass is 10.1. The van der Waals surface area contributed by atoms with Gasteiger partial charge in [0.15, 0.2) is 0 Å². The molecule has 0 unspecified atom stereocenters. The van der Waals surface area contributed by atoms with Crippen LogP contribution in [-0.4, -0.2) is 53.3 Å². The largest absolute Gasteiger partial charge is 0.364 e. The van der Waals surface area contributed by atoms with E-state index in [0.29, 0.717) is 42.0 Å². The summed E-state index contributed by atoms with van der Waals surface area (Å²) in [5.74, 6) is 0.454. The van der Waals surface area contributed by atoms with E-state index in [9.17, 15) is 10.1 Å². The van der Waals surface area contributed by atoms with Gasteiger partial charge in [0, 0.05) is 54.9 Å². The van der Waals surface area contributed by atoms with E-state index in [0.717, 1.165) is 36.4 Å². The van der Waals surface area contributed by atoms with Crippen molar-refractivity contribution >= 4 is 34.8 Å². The topological polar surface area (TPSA) is 67.0 Å². The zero-order chi connectivity index (χ0) is 27.1. The van der Waals surface area contributed by atoms with Gasteiger partial charge in [-0.15, -0.1) is 0 Å². The molecule has 0 atom stereocenters. The first-order valence-corrected chi connectivity index (χ1v) is 13.7. The number of benzene rings is 2. The Hall–Kier alpha value is -3.23. The van der Waals surface area contributed by atoms with Crippen molar-refractivity contribution in [2.24, 2.45) is 0 Å². The summed E-state index contributed by atoms with van der Waals surface area (Å²) in [4.78, 5) is 22.8. The number of hydrogen-bond acceptors (Lipinski definition) is 5. The molecule has 0 saturated carbocycles. The van der Waals surface area contributed by atoms with E-state index in [4.69, 9.17) is 29.8 Å². The third-order valence-electron chi connectivity index (χ3n) is 7.00. The van der Waals surface area contributed by atoms with Crippen LogP contribution in [-0.2, 0) is 17.9 Å². The first kappa shape index (κ1) is 27.8. The van der Waals surface area contributed by atoms with Crippen LogP contribution in [0.2, 0.25) is 10.0 Å². The van der Waals surface area contributed by atoms with E-state index >= 15 is 0 Å². The Balaban J connectivity index is 1.40. The molecule has 0 aromatic heterocycles. The van der Waals surface area contributed by atoms with Gasteiger partial charge in [-0.05, 0) is 73.8 Å². The molecule has 2 saturated heterocycles. The predicted molar refractivity (Wildman–Crippen MR) is 151 cm³/mol. The summed E-state index contributed by atoms with van der Waals surface area (Å²) in [7, 11) is 0. The first-order valence-electron chi connectivity index (χ1n) is 12.9. The van der Waals surface area contributed by atoms with Crippen LogP contribution in [0.5, 0.6) is 0 Å². The summed E-state index contributed by atoms with van der Waals surface area (Å²) >= 11 is 12.3. The van der Waals surface area contributed by atoms with Gasteiger partial charge in [0.05, 0.1) is 12.6 Å². The fraction of sp³-hybridized carbons (Fsp3) is 0.414. The normalized spacial score (nSPS) is 17.2. The first-order chi connectivity index (χ1) is 18.4. The summed E-state index contributed by atoms with van der Waals surface area (Å²) in [6, 6.07) is 13.6. The van der Waals surface area contributed by atoms with Crippen molar-refractivity contribution in [3.05, 3.63) is 86.1 Å². The highest BCUT2D eigenvalue weighted by Crippen LogP contribution is 2.28. The molecular formula is C29H32Cl2N6O. The molecule has 0 bridgehead atoms. The summed E-state index contributed by atoms with van der Waals surface area (Å²) in [5, 5.41) is 13.8. The molecule has 2 aromatic carbocycles. The average molecular weight is 552 g/mol. The van der Waals surface area contributed by atoms with Crippen LogP contribution in [0.4, 0.5) is 5.69 Å². The number of halogens is 2. The van der Waals surface area contributed by atoms with E-state index < -0.39 is 0 Å². The number of nitriles is 1. The number of rotatable bonds is 8. The molecule has 9 heteroatoms. The molecular weight excluding hydrogens is 519 g/mol. The second-order valence-electron chi connectivity index (χ2n) is 9.87. The lowest BCUT2D eigenvalue weighted by Crippen LogP contribution is -2.29. The van der Waals surface area contributed by atoms with Gasteiger partial charge in [-0.1, -0.05) is 41.8 Å². The van der Waals surface area contributed by atoms with Gasteiger partial charge in [-0.25, -0.2) is 10.1 Å². The van der Waals surface area contributed by atoms with Crippen molar-refractivity contribution in [2.45, 2.75) is 45.7 Å². The Bertz CT molecular complexity index is 1250. The molecule has 4 rings (SSSR count). The minimum Gasteiger partial charge on any atom is -0.364 e. The van der Waals surface area contributed by atoms with Crippen LogP contribution >= 0.6 is 23.2 Å². The summed E-state index contributed by atoms with van der Waals surface area (Å²) < 4.78 is 0. The lowest BCUT2D eigenvalue weighted by molar-refractivity contribution is -0.116. The Morgan fingerprint density at radius 3 is 2.39 bits per heavy atom. The van der Waals surface area contributed by atoms with E-state index in [1.807, 2.05) is 34.9 Å². The molecule has 2 aliphatic heterocycles. The van der Waals surface area contributed by atoms with Gasteiger partial charge >= 0.3 is 5.70 Å². The molecule has 0 radical (unpaired) electrons. The number of nitrogens with one attached hydrogen (secondary N) is 1. The molecule has 38 heavy (non-hydrogen) atoms. The van der Waals surface area contributed by atoms with Gasteiger partial charge < -0.3 is 15.1 Å². The Morgan fingerprint density at radius 1 is 1.00 bits per heavy atom. The highest BCUT2D eigenvalue weighted by molar-refractivity contribution is 6.34. The molecule has 7 nitrogen and oxygen atoms in total. The van der Waals surface area contributed by atoms with E-state index in [-0.39, 0.29) is 18.0 Å². The number of allylic oxidation sites excluding steroid dienone is 1. The second-order valence-corrected chi connectivity index (χ2v) is 10.7. The van der Waals surface area contributed by atoms with Gasteiger partial charge in [0.25, 0.3) is 0 Å². The van der Waals surface area contributed by atoms with Crippen molar-refractivity contribution in [3.63, 3.8) is 0 Å². The second kappa shape index (κ2) is 13.0. The number of anilines is 1. The quantitative estimate of drug-likeness (QED) is 0.320. The number of aryl methyl sites for hydroxylation is 1. The Labute approximate surface area is 235 Å². The molecule has 1 amide bonds. The van der Waals surface area contributed by atoms with Gasteiger partial charge in [0.1, 0.15) is 5.82 Å². The monoisotopic (exact) mass is 550 g/mol. The van der Waals surface area contributed by atoms with Crippen LogP contribution < -0.4 is 5.32 Å². The highest BCUT2D eigenvalue weighted by Gasteiger charge is 2.29. The SMILES string of the molecule is [C-]#[N+]/C(C#N)=C1\N(CCC(=O)Nc2cc(CN3CCCCC3)ccc2C)CCN1Cc1cc(Cl)cc(Cl)c1. The molecule has 2 heterocycles. The molecule has 0 spiro atoms. The summed E-state index contributed by atoms with van der Waals surface area (Å²) in [6.45, 7) is 14.8. The van der Waals surface area contributed by atoms with Gasteiger partial charge in [-0.2, -0.15) is 0 Å². The molecule has 2 aromatic rings. The van der Waals surface area contributed by atoms with Crippen LogP contribution in [0.25, 0.3) is 4.85 Å². The summed E-state index contributed by atoms with van der Waals surface area (Å²) in [5.41, 5.74) is 3.96. The van der Waals surface area contributed by atoms with Crippen molar-refractivity contribution in [1.29, 1.82) is 5.26 Å². The Kier molecular flexibility index (Phi) is 9.53. The van der Waals surface area contributed by atoms with Crippen LogP contribution in [0.1, 0.15) is 42.4 Å². The van der Waals surface area contributed by atoms with Gasteiger partial charge in [0.2, 0.25) is 5.91 Å². The van der Waals surface area contributed by atoms with E-state index in [1.165, 1.54) is 24.8 Å². The van der Waals surface area contributed by atoms with Crippen molar-refractivity contribution in [1.82, 2.24) is 14.7 Å². The highest BCUT2D eigenvalue weighted by atomic mass is 35.5. The third kappa shape index (κ3) is 7.20. The smallest absolute Gasteiger partial charge is 0.300 e. The fourth-order valence-electron chi connectivity index (χ4n) is 5.10. The number of carbonyl (C=O) groups excluding carboxylic acids is 1. The van der Waals surface area contributed by atoms with E-state index in [2.05, 4.69) is 33.3 Å². The fourth-order valence-corrected chi connectivity index (χ4v) is 5.67. The van der Waals surface area contributed by atoms with Crippen LogP contribution in [0, 0.1) is 24.8 Å². The maximum atomic E-state index is 13.0. The van der Waals surface area contributed by atoms with Gasteiger partial charge in [-0.3, -0.25) is 9.69 Å². The molecule has 1 N–H and O–H groups in total. The predicted octanol–water partition coefficient (Wildman–Crippen LogP) is 6.05. The number of nitrogens with zero attached hydrogens (tertiary/aromatic N) is 5. The van der Waals surface area contributed by atoms with Crippen molar-refractivity contribution < 1.29 is 4.79 Å². The van der Waals surface area contributed by atoms with Crippen molar-refractivity contribution in [2.75, 3.05) is 38.0 Å². The van der Waals surface area contributed by atoms with E-state index in [1.54, 1.807) is 6.07 Å². The maximum Gasteiger partial charge on any atom is 0.300 e. The standard InChI is InChI=1S/C29H32Cl2N6O/c1-21-6-7-22(19-35-9-4-3-5-10-35)16-26(21)34-28(38)8-11-36-12-13-37(29(36)27(18-32)33-2)20-23-14-24(30)17-25(31)15-23/h6-7,14-17H,3-5,8-13,19-20H2,1H3,(H,34,38)/b29-27+. The minimum absolute atomic E-state index is 0.0114. The number of hydrogen-bond donors (Lipinski definition) is 1. The zero-order valence-electron chi connectivity index (χ0n) is 21.6.